The molecule has 0 spiro atoms. The summed E-state index contributed by atoms with van der Waals surface area (Å²) in [5.41, 5.74) is 0.771. The summed E-state index contributed by atoms with van der Waals surface area (Å²) in [7, 11) is -3.64. The molecule has 2 rings (SSSR count). The van der Waals surface area contributed by atoms with Crippen LogP contribution in [0, 0.1) is 5.92 Å². The van der Waals surface area contributed by atoms with Gasteiger partial charge in [0.1, 0.15) is 6.54 Å². The highest BCUT2D eigenvalue weighted by atomic mass is 32.2. The lowest BCUT2D eigenvalue weighted by Gasteiger charge is -2.26. The molecule has 122 valence electrons. The monoisotopic (exact) mass is 327 g/mol. The number of hydrogen-bond donors (Lipinski definition) is 1. The zero-order valence-corrected chi connectivity index (χ0v) is 13.2. The SMILES string of the molecule is O=C(O)CN(Cc1ccccc1)S(=O)(=O)CC1CCCOC1. The summed E-state index contributed by atoms with van der Waals surface area (Å²) in [5.74, 6) is -1.28. The molecular weight excluding hydrogens is 306 g/mol. The summed E-state index contributed by atoms with van der Waals surface area (Å²) in [6, 6.07) is 9.01. The second kappa shape index (κ2) is 7.71. The largest absolute Gasteiger partial charge is 0.480 e. The van der Waals surface area contributed by atoms with Crippen molar-refractivity contribution in [1.29, 1.82) is 0 Å². The number of benzene rings is 1. The van der Waals surface area contributed by atoms with Crippen molar-refractivity contribution in [3.63, 3.8) is 0 Å². The van der Waals surface area contributed by atoms with Crippen molar-refractivity contribution in [2.24, 2.45) is 5.92 Å². The second-order valence-electron chi connectivity index (χ2n) is 5.51. The van der Waals surface area contributed by atoms with Gasteiger partial charge in [-0.2, -0.15) is 4.31 Å². The molecule has 1 unspecified atom stereocenters. The quantitative estimate of drug-likeness (QED) is 0.817. The van der Waals surface area contributed by atoms with E-state index >= 15 is 0 Å². The van der Waals surface area contributed by atoms with Gasteiger partial charge in [0.25, 0.3) is 0 Å². The molecule has 1 aromatic carbocycles. The minimum atomic E-state index is -3.64. The van der Waals surface area contributed by atoms with E-state index < -0.39 is 22.5 Å². The van der Waals surface area contributed by atoms with Gasteiger partial charge in [0, 0.05) is 13.2 Å². The number of aliphatic carboxylic acids is 1. The van der Waals surface area contributed by atoms with Crippen molar-refractivity contribution in [1.82, 2.24) is 4.31 Å². The first kappa shape index (κ1) is 16.9. The van der Waals surface area contributed by atoms with Crippen LogP contribution >= 0.6 is 0 Å². The van der Waals surface area contributed by atoms with E-state index in [-0.39, 0.29) is 18.2 Å². The highest BCUT2D eigenvalue weighted by Crippen LogP contribution is 2.19. The van der Waals surface area contributed by atoms with Crippen LogP contribution < -0.4 is 0 Å². The Hall–Kier alpha value is -1.44. The van der Waals surface area contributed by atoms with Crippen LogP contribution in [0.25, 0.3) is 0 Å². The summed E-state index contributed by atoms with van der Waals surface area (Å²) in [6.45, 7) is 0.638. The summed E-state index contributed by atoms with van der Waals surface area (Å²) >= 11 is 0. The van der Waals surface area contributed by atoms with Gasteiger partial charge >= 0.3 is 5.97 Å². The molecule has 0 amide bonds. The van der Waals surface area contributed by atoms with Crippen molar-refractivity contribution in [3.8, 4) is 0 Å². The Morgan fingerprint density at radius 3 is 2.64 bits per heavy atom. The molecule has 1 atom stereocenters. The van der Waals surface area contributed by atoms with Gasteiger partial charge in [0.2, 0.25) is 10.0 Å². The fourth-order valence-electron chi connectivity index (χ4n) is 2.53. The third-order valence-electron chi connectivity index (χ3n) is 3.61. The van der Waals surface area contributed by atoms with Crippen molar-refractivity contribution in [3.05, 3.63) is 35.9 Å². The Labute approximate surface area is 130 Å². The van der Waals surface area contributed by atoms with Gasteiger partial charge in [-0.1, -0.05) is 30.3 Å². The van der Waals surface area contributed by atoms with Crippen molar-refractivity contribution in [2.45, 2.75) is 19.4 Å². The maximum atomic E-state index is 12.5. The van der Waals surface area contributed by atoms with Crippen LogP contribution in [-0.4, -0.2) is 49.3 Å². The smallest absolute Gasteiger partial charge is 0.318 e. The lowest BCUT2D eigenvalue weighted by atomic mass is 10.1. The van der Waals surface area contributed by atoms with Crippen LogP contribution in [0.4, 0.5) is 0 Å². The summed E-state index contributed by atoms with van der Waals surface area (Å²) in [4.78, 5) is 11.0. The van der Waals surface area contributed by atoms with Gasteiger partial charge in [0.15, 0.2) is 0 Å². The topological polar surface area (TPSA) is 83.9 Å². The molecule has 7 heteroatoms. The van der Waals surface area contributed by atoms with Gasteiger partial charge in [-0.15, -0.1) is 0 Å². The molecule has 0 aliphatic carbocycles. The van der Waals surface area contributed by atoms with Crippen molar-refractivity contribution >= 4 is 16.0 Å². The standard InChI is InChI=1S/C15H21NO5S/c17-15(18)10-16(9-13-5-2-1-3-6-13)22(19,20)12-14-7-4-8-21-11-14/h1-3,5-6,14H,4,7-12H2,(H,17,18). The molecule has 1 saturated heterocycles. The highest BCUT2D eigenvalue weighted by molar-refractivity contribution is 7.89. The molecular formula is C15H21NO5S. The van der Waals surface area contributed by atoms with E-state index in [1.807, 2.05) is 6.07 Å². The van der Waals surface area contributed by atoms with Crippen LogP contribution in [0.1, 0.15) is 18.4 Å². The Kier molecular flexibility index (Phi) is 5.93. The Balaban J connectivity index is 2.10. The van der Waals surface area contributed by atoms with Gasteiger partial charge in [-0.25, -0.2) is 8.42 Å². The molecule has 6 nitrogen and oxygen atoms in total. The molecule has 0 bridgehead atoms. The molecule has 1 fully saturated rings. The predicted molar refractivity (Wildman–Crippen MR) is 81.8 cm³/mol. The van der Waals surface area contributed by atoms with E-state index in [1.165, 1.54) is 0 Å². The number of rotatable bonds is 7. The summed E-state index contributed by atoms with van der Waals surface area (Å²) < 4.78 is 31.4. The average molecular weight is 327 g/mol. The van der Waals surface area contributed by atoms with E-state index in [1.54, 1.807) is 24.3 Å². The normalized spacial score (nSPS) is 19.2. The molecule has 1 aliphatic rings. The average Bonchev–Trinajstić information content (AvgIpc) is 2.48. The highest BCUT2D eigenvalue weighted by Gasteiger charge is 2.29. The van der Waals surface area contributed by atoms with E-state index in [0.29, 0.717) is 13.2 Å². The molecule has 1 aromatic rings. The molecule has 1 N–H and O–H groups in total. The second-order valence-corrected chi connectivity index (χ2v) is 7.52. The van der Waals surface area contributed by atoms with Crippen LogP contribution in [0.5, 0.6) is 0 Å². The van der Waals surface area contributed by atoms with E-state index in [9.17, 15) is 13.2 Å². The Bertz CT molecular complexity index is 581. The van der Waals surface area contributed by atoms with Crippen molar-refractivity contribution < 1.29 is 23.1 Å². The molecule has 0 saturated carbocycles. The number of carboxylic acid groups (broad SMARTS) is 1. The molecule has 1 heterocycles. The third kappa shape index (κ3) is 5.08. The van der Waals surface area contributed by atoms with E-state index in [0.717, 1.165) is 22.7 Å². The first-order chi connectivity index (χ1) is 10.5. The van der Waals surface area contributed by atoms with Gasteiger partial charge in [-0.3, -0.25) is 4.79 Å². The predicted octanol–water partition coefficient (Wildman–Crippen LogP) is 1.33. The maximum absolute atomic E-state index is 12.5. The Morgan fingerprint density at radius 2 is 2.05 bits per heavy atom. The van der Waals surface area contributed by atoms with Crippen LogP contribution in [-0.2, 0) is 26.1 Å². The molecule has 0 aromatic heterocycles. The number of carbonyl (C=O) groups is 1. The van der Waals surface area contributed by atoms with E-state index in [4.69, 9.17) is 9.84 Å². The number of sulfonamides is 1. The molecule has 22 heavy (non-hydrogen) atoms. The lowest BCUT2D eigenvalue weighted by Crippen LogP contribution is -2.39. The first-order valence-corrected chi connectivity index (χ1v) is 8.89. The van der Waals surface area contributed by atoms with Crippen LogP contribution in [0.2, 0.25) is 0 Å². The fourth-order valence-corrected chi connectivity index (χ4v) is 4.25. The minimum absolute atomic E-state index is 0.0624. The molecule has 0 radical (unpaired) electrons. The van der Waals surface area contributed by atoms with Crippen LogP contribution in [0.3, 0.4) is 0 Å². The maximum Gasteiger partial charge on any atom is 0.318 e. The zero-order chi connectivity index (χ0) is 16.0. The van der Waals surface area contributed by atoms with E-state index in [2.05, 4.69) is 0 Å². The zero-order valence-electron chi connectivity index (χ0n) is 12.3. The number of nitrogens with zero attached hydrogens (tertiary/aromatic N) is 1. The van der Waals surface area contributed by atoms with Gasteiger partial charge in [-0.05, 0) is 24.3 Å². The fraction of sp³-hybridized carbons (Fsp3) is 0.533. The summed E-state index contributed by atoms with van der Waals surface area (Å²) in [5, 5.41) is 9.00. The molecule has 1 aliphatic heterocycles. The van der Waals surface area contributed by atoms with Crippen molar-refractivity contribution in [2.75, 3.05) is 25.5 Å². The summed E-state index contributed by atoms with van der Waals surface area (Å²) in [6.07, 6.45) is 1.64. The third-order valence-corrected chi connectivity index (χ3v) is 5.55. The number of hydrogen-bond acceptors (Lipinski definition) is 4. The number of carboxylic acids is 1. The lowest BCUT2D eigenvalue weighted by molar-refractivity contribution is -0.137. The van der Waals surface area contributed by atoms with Gasteiger partial charge < -0.3 is 9.84 Å². The van der Waals surface area contributed by atoms with Crippen LogP contribution in [0.15, 0.2) is 30.3 Å². The Morgan fingerprint density at radius 1 is 1.32 bits per heavy atom. The van der Waals surface area contributed by atoms with Gasteiger partial charge in [0.05, 0.1) is 12.4 Å². The first-order valence-electron chi connectivity index (χ1n) is 7.28. The number of ether oxygens (including phenoxy) is 1. The minimum Gasteiger partial charge on any atom is -0.480 e.